The van der Waals surface area contributed by atoms with Crippen LogP contribution in [0.15, 0.2) is 85.2 Å². The Morgan fingerprint density at radius 1 is 0.892 bits per heavy atom. The third kappa shape index (κ3) is 14.2. The highest BCUT2D eigenvalue weighted by Gasteiger charge is 2.22. The van der Waals surface area contributed by atoms with Crippen LogP contribution in [0.2, 0.25) is 0 Å². The molecule has 0 bridgehead atoms. The smallest absolute Gasteiger partial charge is 0.269 e. The summed E-state index contributed by atoms with van der Waals surface area (Å²) < 4.78 is 0. The van der Waals surface area contributed by atoms with Crippen molar-refractivity contribution in [3.63, 3.8) is 0 Å². The average Bonchev–Trinajstić information content (AvgIpc) is 2.94. The van der Waals surface area contributed by atoms with Crippen LogP contribution in [0, 0.1) is 5.92 Å². The van der Waals surface area contributed by atoms with Crippen LogP contribution in [-0.2, 0) is 4.79 Å². The van der Waals surface area contributed by atoms with E-state index in [-0.39, 0.29) is 11.8 Å². The number of hydrogen-bond donors (Lipinski definition) is 1. The van der Waals surface area contributed by atoms with E-state index in [9.17, 15) is 9.59 Å². The molecule has 0 atom stereocenters. The molecule has 1 aliphatic heterocycles. The van der Waals surface area contributed by atoms with Gasteiger partial charge in [-0.25, -0.2) is 0 Å². The van der Waals surface area contributed by atoms with Crippen LogP contribution in [0.4, 0.5) is 0 Å². The van der Waals surface area contributed by atoms with Crippen molar-refractivity contribution in [3.8, 4) is 0 Å². The number of hydrogen-bond acceptors (Lipinski definition) is 3. The molecule has 1 aliphatic rings. The molecule has 200 valence electrons. The van der Waals surface area contributed by atoms with Crippen molar-refractivity contribution in [2.24, 2.45) is 5.92 Å². The summed E-state index contributed by atoms with van der Waals surface area (Å²) >= 11 is 0. The SMILES string of the molecule is CCC=CCC=CCC=CCC=CCC=CCCCC(=O)N1CCC(CNC(=O)c2ccccn2)CC1. The van der Waals surface area contributed by atoms with Crippen molar-refractivity contribution < 1.29 is 9.59 Å². The Bertz CT molecular complexity index is 907. The quantitative estimate of drug-likeness (QED) is 0.196. The first-order chi connectivity index (χ1) is 18.2. The maximum Gasteiger partial charge on any atom is 0.269 e. The van der Waals surface area contributed by atoms with Crippen LogP contribution in [-0.4, -0.2) is 41.3 Å². The summed E-state index contributed by atoms with van der Waals surface area (Å²) in [6.07, 6.45) is 33.0. The molecule has 2 rings (SSSR count). The fourth-order valence-electron chi connectivity index (χ4n) is 4.11. The molecule has 1 aromatic rings. The predicted octanol–water partition coefficient (Wildman–Crippen LogP) is 6.97. The summed E-state index contributed by atoms with van der Waals surface area (Å²) in [6.45, 7) is 4.36. The molecule has 1 saturated heterocycles. The number of carbonyl (C=O) groups is 2. The Hall–Kier alpha value is -3.21. The van der Waals surface area contributed by atoms with Gasteiger partial charge in [0.2, 0.25) is 5.91 Å². The molecule has 0 saturated carbocycles. The van der Waals surface area contributed by atoms with Gasteiger partial charge in [0.15, 0.2) is 0 Å². The van der Waals surface area contributed by atoms with E-state index in [4.69, 9.17) is 0 Å². The van der Waals surface area contributed by atoms with Gasteiger partial charge in [0.25, 0.3) is 5.91 Å². The second kappa shape index (κ2) is 19.9. The first-order valence-electron chi connectivity index (χ1n) is 13.9. The van der Waals surface area contributed by atoms with Crippen molar-refractivity contribution in [2.45, 2.75) is 71.1 Å². The fourth-order valence-corrected chi connectivity index (χ4v) is 4.11. The molecular formula is C32H45N3O2. The molecule has 2 amide bonds. The number of rotatable bonds is 16. The highest BCUT2D eigenvalue weighted by Crippen LogP contribution is 2.18. The van der Waals surface area contributed by atoms with E-state index in [0.717, 1.165) is 70.9 Å². The molecule has 0 aliphatic carbocycles. The van der Waals surface area contributed by atoms with Crippen LogP contribution in [0.3, 0.4) is 0 Å². The molecule has 0 unspecified atom stereocenters. The number of piperidine rings is 1. The van der Waals surface area contributed by atoms with Crippen molar-refractivity contribution in [3.05, 3.63) is 90.9 Å². The van der Waals surface area contributed by atoms with Gasteiger partial charge in [-0.05, 0) is 75.8 Å². The molecule has 5 heteroatoms. The van der Waals surface area contributed by atoms with Crippen molar-refractivity contribution in [1.29, 1.82) is 0 Å². The van der Waals surface area contributed by atoms with Crippen LogP contribution in [0.25, 0.3) is 0 Å². The van der Waals surface area contributed by atoms with Crippen LogP contribution >= 0.6 is 0 Å². The van der Waals surface area contributed by atoms with E-state index in [1.807, 2.05) is 11.0 Å². The molecule has 37 heavy (non-hydrogen) atoms. The summed E-state index contributed by atoms with van der Waals surface area (Å²) in [4.78, 5) is 30.7. The topological polar surface area (TPSA) is 62.3 Å². The number of nitrogens with one attached hydrogen (secondary N) is 1. The number of aromatic nitrogens is 1. The standard InChI is InChI=1S/C32H45N3O2/c1-2-3-4-5-6-7-8-9-10-11-12-13-14-15-16-17-18-22-31(36)35-26-23-29(24-27-35)28-34-32(37)30-21-19-20-25-33-30/h3-4,6-7,9-10,12-13,15-16,19-21,25,29H,2,5,8,11,14,17-18,22-24,26-28H2,1H3,(H,34,37). The molecule has 0 aromatic carbocycles. The number of likely N-dealkylation sites (tertiary alicyclic amines) is 1. The molecule has 1 aromatic heterocycles. The number of nitrogens with zero attached hydrogens (tertiary/aromatic N) is 2. The molecule has 0 radical (unpaired) electrons. The Labute approximate surface area is 224 Å². The zero-order valence-corrected chi connectivity index (χ0v) is 22.6. The molecular weight excluding hydrogens is 458 g/mol. The second-order valence-corrected chi connectivity index (χ2v) is 9.35. The van der Waals surface area contributed by atoms with Gasteiger partial charge in [0, 0.05) is 32.3 Å². The molecule has 1 N–H and O–H groups in total. The Morgan fingerprint density at radius 2 is 1.49 bits per heavy atom. The van der Waals surface area contributed by atoms with Crippen molar-refractivity contribution in [1.82, 2.24) is 15.2 Å². The molecule has 2 heterocycles. The lowest BCUT2D eigenvalue weighted by Crippen LogP contribution is -2.41. The zero-order chi connectivity index (χ0) is 26.4. The predicted molar refractivity (Wildman–Crippen MR) is 154 cm³/mol. The summed E-state index contributed by atoms with van der Waals surface area (Å²) in [5.74, 6) is 0.537. The highest BCUT2D eigenvalue weighted by atomic mass is 16.2. The number of pyridine rings is 1. The van der Waals surface area contributed by atoms with Gasteiger partial charge in [-0.3, -0.25) is 14.6 Å². The Morgan fingerprint density at radius 3 is 2.05 bits per heavy atom. The first kappa shape index (κ1) is 30.0. The van der Waals surface area contributed by atoms with Gasteiger partial charge >= 0.3 is 0 Å². The van der Waals surface area contributed by atoms with Gasteiger partial charge in [-0.15, -0.1) is 0 Å². The third-order valence-electron chi connectivity index (χ3n) is 6.34. The average molecular weight is 504 g/mol. The summed E-state index contributed by atoms with van der Waals surface area (Å²) in [5, 5.41) is 2.97. The van der Waals surface area contributed by atoms with E-state index in [2.05, 4.69) is 78.0 Å². The Kier molecular flexibility index (Phi) is 16.2. The minimum Gasteiger partial charge on any atom is -0.350 e. The maximum absolute atomic E-state index is 12.5. The summed E-state index contributed by atoms with van der Waals surface area (Å²) in [5.41, 5.74) is 0.447. The zero-order valence-electron chi connectivity index (χ0n) is 22.6. The monoisotopic (exact) mass is 503 g/mol. The van der Waals surface area contributed by atoms with E-state index >= 15 is 0 Å². The van der Waals surface area contributed by atoms with Crippen LogP contribution < -0.4 is 5.32 Å². The molecule has 1 fully saturated rings. The van der Waals surface area contributed by atoms with Gasteiger partial charge in [-0.2, -0.15) is 0 Å². The fraction of sp³-hybridized carbons (Fsp3) is 0.469. The largest absolute Gasteiger partial charge is 0.350 e. The second-order valence-electron chi connectivity index (χ2n) is 9.35. The first-order valence-corrected chi connectivity index (χ1v) is 13.9. The number of unbranched alkanes of at least 4 members (excludes halogenated alkanes) is 1. The minimum atomic E-state index is -0.130. The molecule has 5 nitrogen and oxygen atoms in total. The number of amides is 2. The van der Waals surface area contributed by atoms with Gasteiger partial charge in [0.1, 0.15) is 5.69 Å². The Balaban J connectivity index is 1.46. The van der Waals surface area contributed by atoms with E-state index in [1.54, 1.807) is 18.3 Å². The lowest BCUT2D eigenvalue weighted by atomic mass is 9.96. The van der Waals surface area contributed by atoms with Gasteiger partial charge in [-0.1, -0.05) is 73.8 Å². The van der Waals surface area contributed by atoms with Gasteiger partial charge in [0.05, 0.1) is 0 Å². The molecule has 0 spiro atoms. The van der Waals surface area contributed by atoms with Gasteiger partial charge < -0.3 is 10.2 Å². The number of carbonyl (C=O) groups excluding carboxylic acids is 2. The minimum absolute atomic E-state index is 0.130. The van der Waals surface area contributed by atoms with Crippen molar-refractivity contribution >= 4 is 11.8 Å². The number of allylic oxidation sites excluding steroid dienone is 10. The van der Waals surface area contributed by atoms with Crippen LogP contribution in [0.5, 0.6) is 0 Å². The van der Waals surface area contributed by atoms with Crippen molar-refractivity contribution in [2.75, 3.05) is 19.6 Å². The normalized spacial score (nSPS) is 15.2. The lowest BCUT2D eigenvalue weighted by molar-refractivity contribution is -0.132. The van der Waals surface area contributed by atoms with Crippen LogP contribution in [0.1, 0.15) is 81.6 Å². The van der Waals surface area contributed by atoms with E-state index in [1.165, 1.54) is 0 Å². The van der Waals surface area contributed by atoms with E-state index in [0.29, 0.717) is 24.6 Å². The summed E-state index contributed by atoms with van der Waals surface area (Å²) in [7, 11) is 0. The lowest BCUT2D eigenvalue weighted by Gasteiger charge is -2.32. The van der Waals surface area contributed by atoms with E-state index < -0.39 is 0 Å². The third-order valence-corrected chi connectivity index (χ3v) is 6.34. The summed E-state index contributed by atoms with van der Waals surface area (Å²) in [6, 6.07) is 5.33. The highest BCUT2D eigenvalue weighted by molar-refractivity contribution is 5.92. The maximum atomic E-state index is 12.5.